The lowest BCUT2D eigenvalue weighted by Crippen LogP contribution is -2.55. The van der Waals surface area contributed by atoms with Crippen LogP contribution in [-0.4, -0.2) is 55.7 Å². The summed E-state index contributed by atoms with van der Waals surface area (Å²) in [6.07, 6.45) is -3.40. The van der Waals surface area contributed by atoms with E-state index in [9.17, 15) is 5.21 Å². The molecule has 0 radical (unpaired) electrons. The first-order chi connectivity index (χ1) is 21.8. The fourth-order valence-corrected chi connectivity index (χ4v) is 5.12. The molecule has 1 saturated heterocycles. The lowest BCUT2D eigenvalue weighted by Gasteiger charge is -2.39. The van der Waals surface area contributed by atoms with Gasteiger partial charge in [0.05, 0.1) is 39.6 Å². The van der Waals surface area contributed by atoms with Gasteiger partial charge >= 0.3 is 0 Å². The number of hydrogen-bond acceptors (Lipinski definition) is 8. The second-order valence-corrected chi connectivity index (χ2v) is 10.6. The minimum absolute atomic E-state index is 0.0925. The SMILES string of the molecule is ONC[C@@H](OCc1ccccc1)[C@@H](OCc1ccccc1)[C@@H](OCc1ccccc1)[C@H](OCc1ccccc1)C1OCCO1. The number of hydrogen-bond donors (Lipinski definition) is 2. The fraction of sp³-hybridized carbons (Fsp3) is 0.333. The van der Waals surface area contributed by atoms with Gasteiger partial charge in [0.15, 0.2) is 6.29 Å². The minimum atomic E-state index is -0.708. The maximum atomic E-state index is 9.95. The first-order valence-electron chi connectivity index (χ1n) is 15.0. The van der Waals surface area contributed by atoms with Crippen molar-refractivity contribution in [2.75, 3.05) is 19.8 Å². The molecule has 1 aliphatic heterocycles. The largest absolute Gasteiger partial charge is 0.369 e. The molecule has 0 amide bonds. The van der Waals surface area contributed by atoms with E-state index in [1.54, 1.807) is 0 Å². The zero-order valence-corrected chi connectivity index (χ0v) is 24.8. The summed E-state index contributed by atoms with van der Waals surface area (Å²) in [5.41, 5.74) is 6.31. The van der Waals surface area contributed by atoms with Gasteiger partial charge in [-0.05, 0) is 22.3 Å². The van der Waals surface area contributed by atoms with E-state index in [0.717, 1.165) is 22.3 Å². The Kier molecular flexibility index (Phi) is 12.9. The second-order valence-electron chi connectivity index (χ2n) is 10.6. The molecule has 4 atom stereocenters. The molecule has 4 aromatic carbocycles. The van der Waals surface area contributed by atoms with E-state index in [0.29, 0.717) is 39.6 Å². The van der Waals surface area contributed by atoms with Crippen molar-refractivity contribution in [2.24, 2.45) is 0 Å². The van der Waals surface area contributed by atoms with Crippen molar-refractivity contribution in [3.8, 4) is 0 Å². The predicted molar refractivity (Wildman–Crippen MR) is 166 cm³/mol. The molecule has 1 aliphatic rings. The maximum Gasteiger partial charge on any atom is 0.186 e. The van der Waals surface area contributed by atoms with Gasteiger partial charge in [-0.1, -0.05) is 121 Å². The zero-order valence-electron chi connectivity index (χ0n) is 24.8. The fourth-order valence-electron chi connectivity index (χ4n) is 5.12. The van der Waals surface area contributed by atoms with Gasteiger partial charge in [0, 0.05) is 6.54 Å². The molecule has 0 saturated carbocycles. The molecule has 0 aliphatic carbocycles. The van der Waals surface area contributed by atoms with E-state index in [4.69, 9.17) is 28.4 Å². The standard InChI is InChI=1S/C36H41NO7/c38-37-23-32(41-24-28-13-5-1-6-14-28)33(42-25-29-15-7-2-8-16-29)34(43-26-30-17-9-3-10-18-30)35(36-39-21-22-40-36)44-27-31-19-11-4-12-20-31/h1-20,32-38H,21-27H2/t32-,33-,34-,35+/m1/s1. The lowest BCUT2D eigenvalue weighted by atomic mass is 10.0. The average Bonchev–Trinajstić information content (AvgIpc) is 3.62. The second kappa shape index (κ2) is 17.8. The Morgan fingerprint density at radius 2 is 0.932 bits per heavy atom. The Bertz CT molecular complexity index is 1310. The summed E-state index contributed by atoms with van der Waals surface area (Å²) in [6.45, 7) is 2.22. The van der Waals surface area contributed by atoms with Crippen LogP contribution in [0.4, 0.5) is 0 Å². The molecule has 1 heterocycles. The Morgan fingerprint density at radius 3 is 1.36 bits per heavy atom. The summed E-state index contributed by atoms with van der Waals surface area (Å²) < 4.78 is 38.5. The van der Waals surface area contributed by atoms with E-state index < -0.39 is 30.7 Å². The van der Waals surface area contributed by atoms with Gasteiger partial charge in [0.25, 0.3) is 0 Å². The highest BCUT2D eigenvalue weighted by atomic mass is 16.7. The van der Waals surface area contributed by atoms with Gasteiger partial charge in [0.2, 0.25) is 0 Å². The number of benzene rings is 4. The van der Waals surface area contributed by atoms with Crippen LogP contribution >= 0.6 is 0 Å². The Balaban J connectivity index is 1.48. The zero-order chi connectivity index (χ0) is 30.2. The normalized spacial score (nSPS) is 16.4. The van der Waals surface area contributed by atoms with Crippen LogP contribution < -0.4 is 5.48 Å². The van der Waals surface area contributed by atoms with Crippen LogP contribution in [0.2, 0.25) is 0 Å². The highest BCUT2D eigenvalue weighted by Crippen LogP contribution is 2.27. The Morgan fingerprint density at radius 1 is 0.545 bits per heavy atom. The first kappa shape index (κ1) is 32.0. The number of rotatable bonds is 18. The number of ether oxygens (including phenoxy) is 6. The van der Waals surface area contributed by atoms with Crippen molar-refractivity contribution in [3.63, 3.8) is 0 Å². The van der Waals surface area contributed by atoms with Crippen molar-refractivity contribution in [2.45, 2.75) is 57.1 Å². The van der Waals surface area contributed by atoms with Crippen molar-refractivity contribution in [3.05, 3.63) is 144 Å². The van der Waals surface area contributed by atoms with Crippen LogP contribution in [-0.2, 0) is 54.8 Å². The summed E-state index contributed by atoms with van der Waals surface area (Å²) in [4.78, 5) is 0. The summed E-state index contributed by atoms with van der Waals surface area (Å²) in [5, 5.41) is 9.95. The van der Waals surface area contributed by atoms with Gasteiger partial charge in [-0.25, -0.2) is 5.48 Å². The van der Waals surface area contributed by atoms with Crippen LogP contribution in [0.3, 0.4) is 0 Å². The molecule has 5 rings (SSSR count). The molecule has 0 aromatic heterocycles. The molecule has 8 nitrogen and oxygen atoms in total. The van der Waals surface area contributed by atoms with Crippen LogP contribution in [0.25, 0.3) is 0 Å². The smallest absolute Gasteiger partial charge is 0.186 e. The van der Waals surface area contributed by atoms with E-state index in [1.165, 1.54) is 0 Å². The molecular formula is C36H41NO7. The van der Waals surface area contributed by atoms with E-state index >= 15 is 0 Å². The third-order valence-corrected chi connectivity index (χ3v) is 7.39. The summed E-state index contributed by atoms with van der Waals surface area (Å²) in [5.74, 6) is 0. The average molecular weight is 600 g/mol. The quantitative estimate of drug-likeness (QED) is 0.141. The van der Waals surface area contributed by atoms with Crippen LogP contribution in [0.15, 0.2) is 121 Å². The van der Waals surface area contributed by atoms with Crippen LogP contribution in [0.5, 0.6) is 0 Å². The van der Waals surface area contributed by atoms with Crippen LogP contribution in [0.1, 0.15) is 22.3 Å². The van der Waals surface area contributed by atoms with Crippen molar-refractivity contribution in [1.82, 2.24) is 5.48 Å². The van der Waals surface area contributed by atoms with Crippen molar-refractivity contribution >= 4 is 0 Å². The van der Waals surface area contributed by atoms with E-state index in [-0.39, 0.29) is 6.54 Å². The topological polar surface area (TPSA) is 87.6 Å². The Labute approximate surface area is 259 Å². The van der Waals surface area contributed by atoms with Gasteiger partial charge < -0.3 is 33.6 Å². The molecule has 4 aromatic rings. The predicted octanol–water partition coefficient (Wildman–Crippen LogP) is 5.68. The van der Waals surface area contributed by atoms with Gasteiger partial charge in [-0.3, -0.25) is 0 Å². The van der Waals surface area contributed by atoms with Gasteiger partial charge in [-0.2, -0.15) is 0 Å². The Hall–Kier alpha value is -3.44. The summed E-state index contributed by atoms with van der Waals surface area (Å²) >= 11 is 0. The van der Waals surface area contributed by atoms with Crippen molar-refractivity contribution in [1.29, 1.82) is 0 Å². The highest BCUT2D eigenvalue weighted by molar-refractivity contribution is 5.16. The van der Waals surface area contributed by atoms with Gasteiger partial charge in [-0.15, -0.1) is 0 Å². The van der Waals surface area contributed by atoms with Crippen molar-refractivity contribution < 1.29 is 33.6 Å². The maximum absolute atomic E-state index is 9.95. The first-order valence-corrected chi connectivity index (χ1v) is 15.0. The molecule has 2 N–H and O–H groups in total. The lowest BCUT2D eigenvalue weighted by molar-refractivity contribution is -0.238. The number of hydroxylamine groups is 1. The molecule has 232 valence electrons. The third-order valence-electron chi connectivity index (χ3n) is 7.39. The third kappa shape index (κ3) is 9.79. The summed E-state index contributed by atoms with van der Waals surface area (Å²) in [7, 11) is 0. The molecular weight excluding hydrogens is 558 g/mol. The molecule has 44 heavy (non-hydrogen) atoms. The molecule has 0 unspecified atom stereocenters. The van der Waals surface area contributed by atoms with Gasteiger partial charge in [0.1, 0.15) is 24.4 Å². The van der Waals surface area contributed by atoms with E-state index in [2.05, 4.69) is 5.48 Å². The number of nitrogens with one attached hydrogen (secondary N) is 1. The molecule has 8 heteroatoms. The molecule has 1 fully saturated rings. The van der Waals surface area contributed by atoms with E-state index in [1.807, 2.05) is 121 Å². The van der Waals surface area contributed by atoms with Crippen LogP contribution in [0, 0.1) is 0 Å². The molecule has 0 bridgehead atoms. The monoisotopic (exact) mass is 599 g/mol. The highest BCUT2D eigenvalue weighted by Gasteiger charge is 2.44. The minimum Gasteiger partial charge on any atom is -0.369 e. The molecule has 0 spiro atoms. The summed E-state index contributed by atoms with van der Waals surface area (Å²) in [6, 6.07) is 39.7.